The van der Waals surface area contributed by atoms with Crippen molar-refractivity contribution in [2.75, 3.05) is 32.9 Å². The van der Waals surface area contributed by atoms with Crippen LogP contribution in [-0.2, 0) is 16.1 Å². The molecule has 4 unspecified atom stereocenters. The monoisotopic (exact) mass is 378 g/mol. The molecule has 0 radical (unpaired) electrons. The summed E-state index contributed by atoms with van der Waals surface area (Å²) in [5.74, 6) is -1.29. The Kier molecular flexibility index (Phi) is 5.25. The molecule has 0 aliphatic carbocycles. The molecular weight excluding hydrogens is 357 g/mol. The van der Waals surface area contributed by atoms with Crippen LogP contribution < -0.4 is 11.2 Å². The summed E-state index contributed by atoms with van der Waals surface area (Å²) in [6, 6.07) is 0. The molecule has 2 aliphatic rings. The van der Waals surface area contributed by atoms with Gasteiger partial charge in [0.05, 0.1) is 26.0 Å². The number of hydrogen-bond acceptors (Lipinski definition) is 8. The van der Waals surface area contributed by atoms with Crippen LogP contribution in [0.2, 0.25) is 0 Å². The zero-order chi connectivity index (χ0) is 19.1. The fourth-order valence-electron chi connectivity index (χ4n) is 3.09. The topological polar surface area (TPSA) is 143 Å². The molecule has 2 fully saturated rings. The maximum Gasteiger partial charge on any atom is 0.337 e. The van der Waals surface area contributed by atoms with Crippen molar-refractivity contribution in [1.29, 1.82) is 0 Å². The van der Waals surface area contributed by atoms with Crippen molar-refractivity contribution in [2.24, 2.45) is 0 Å². The van der Waals surface area contributed by atoms with Gasteiger partial charge in [0.2, 0.25) is 5.82 Å². The van der Waals surface area contributed by atoms with E-state index in [1.807, 2.05) is 0 Å². The standard InChI is InChI=1S/C14H21FN3O8/c15-8-5-16(13-11(21)10(20)9(6-19)26-13)14(23)17(12(8)22)7-18(24)1-3-25-4-2-18/h5,9-11,13,19-21,24H,1-4,6-7H2/q+1. The summed E-state index contributed by atoms with van der Waals surface area (Å²) < 4.78 is 24.9. The first-order valence-corrected chi connectivity index (χ1v) is 8.08. The lowest BCUT2D eigenvalue weighted by atomic mass is 10.1. The number of aromatic nitrogens is 2. The second-order valence-corrected chi connectivity index (χ2v) is 6.43. The molecule has 0 bridgehead atoms. The molecule has 26 heavy (non-hydrogen) atoms. The van der Waals surface area contributed by atoms with Crippen molar-refractivity contribution in [3.05, 3.63) is 32.9 Å². The summed E-state index contributed by atoms with van der Waals surface area (Å²) >= 11 is 0. The summed E-state index contributed by atoms with van der Waals surface area (Å²) in [5, 5.41) is 39.4. The zero-order valence-electron chi connectivity index (χ0n) is 13.8. The van der Waals surface area contributed by atoms with Gasteiger partial charge >= 0.3 is 5.69 Å². The zero-order valence-corrected chi connectivity index (χ0v) is 13.8. The normalized spacial score (nSPS) is 31.3. The number of aliphatic hydroxyl groups excluding tert-OH is 3. The van der Waals surface area contributed by atoms with Crippen molar-refractivity contribution in [1.82, 2.24) is 9.13 Å². The summed E-state index contributed by atoms with van der Waals surface area (Å²) in [6.07, 6.45) is -5.19. The molecule has 0 aromatic carbocycles. The molecule has 11 nitrogen and oxygen atoms in total. The average molecular weight is 378 g/mol. The van der Waals surface area contributed by atoms with Gasteiger partial charge in [-0.15, -0.1) is 0 Å². The maximum absolute atomic E-state index is 14.1. The highest BCUT2D eigenvalue weighted by molar-refractivity contribution is 4.96. The first-order valence-electron chi connectivity index (χ1n) is 8.08. The largest absolute Gasteiger partial charge is 0.394 e. The summed E-state index contributed by atoms with van der Waals surface area (Å²) in [6.45, 7) is -0.491. The van der Waals surface area contributed by atoms with Crippen LogP contribution in [0.15, 0.2) is 15.8 Å². The van der Waals surface area contributed by atoms with Crippen molar-refractivity contribution in [3.8, 4) is 0 Å². The molecule has 0 spiro atoms. The first kappa shape index (κ1) is 19.1. The minimum absolute atomic E-state index is 0.107. The van der Waals surface area contributed by atoms with Crippen molar-refractivity contribution in [3.63, 3.8) is 0 Å². The number of rotatable bonds is 4. The van der Waals surface area contributed by atoms with Gasteiger partial charge in [-0.05, 0) is 0 Å². The fourth-order valence-corrected chi connectivity index (χ4v) is 3.09. The SMILES string of the molecule is O=c1c(F)cn(C2OC(CO)C(O)C2O)c(=O)n1C[N+]1(O)CCOCC1. The molecule has 2 aliphatic heterocycles. The van der Waals surface area contributed by atoms with E-state index in [2.05, 4.69) is 0 Å². The molecule has 1 aromatic heterocycles. The second kappa shape index (κ2) is 7.15. The van der Waals surface area contributed by atoms with Gasteiger partial charge in [-0.1, -0.05) is 0 Å². The third-order valence-corrected chi connectivity index (χ3v) is 4.65. The van der Waals surface area contributed by atoms with E-state index in [0.717, 1.165) is 0 Å². The highest BCUT2D eigenvalue weighted by Gasteiger charge is 2.44. The third kappa shape index (κ3) is 3.32. The van der Waals surface area contributed by atoms with Gasteiger partial charge in [0.1, 0.15) is 31.4 Å². The van der Waals surface area contributed by atoms with Crippen LogP contribution in [0.1, 0.15) is 6.23 Å². The van der Waals surface area contributed by atoms with Gasteiger partial charge in [0.15, 0.2) is 12.9 Å². The van der Waals surface area contributed by atoms with Gasteiger partial charge in [0.25, 0.3) is 5.56 Å². The number of quaternary nitrogens is 1. The van der Waals surface area contributed by atoms with Crippen molar-refractivity contribution in [2.45, 2.75) is 31.2 Å². The van der Waals surface area contributed by atoms with Crippen molar-refractivity contribution < 1.29 is 39.0 Å². The van der Waals surface area contributed by atoms with Crippen LogP contribution in [0.25, 0.3) is 0 Å². The van der Waals surface area contributed by atoms with Gasteiger partial charge in [-0.25, -0.2) is 14.6 Å². The quantitative estimate of drug-likeness (QED) is 0.405. The average Bonchev–Trinajstić information content (AvgIpc) is 2.90. The Morgan fingerprint density at radius 2 is 1.88 bits per heavy atom. The van der Waals surface area contributed by atoms with Crippen molar-refractivity contribution >= 4 is 0 Å². The Balaban J connectivity index is 2.00. The van der Waals surface area contributed by atoms with Crippen LogP contribution in [0.5, 0.6) is 0 Å². The van der Waals surface area contributed by atoms with E-state index in [-0.39, 0.29) is 26.3 Å². The third-order valence-electron chi connectivity index (χ3n) is 4.65. The Hall–Kier alpha value is -1.67. The van der Waals surface area contributed by atoms with E-state index in [4.69, 9.17) is 14.6 Å². The van der Waals surface area contributed by atoms with E-state index in [9.17, 15) is 29.4 Å². The molecule has 0 saturated carbocycles. The number of halogens is 1. The minimum atomic E-state index is -1.61. The summed E-state index contributed by atoms with van der Waals surface area (Å²) in [4.78, 5) is 24.7. The fraction of sp³-hybridized carbons (Fsp3) is 0.714. The van der Waals surface area contributed by atoms with Crippen LogP contribution in [-0.4, -0.2) is 85.5 Å². The van der Waals surface area contributed by atoms with Gasteiger partial charge in [-0.2, -0.15) is 9.04 Å². The number of morpholine rings is 1. The lowest BCUT2D eigenvalue weighted by Gasteiger charge is -2.33. The molecule has 3 rings (SSSR count). The molecule has 3 heterocycles. The highest BCUT2D eigenvalue weighted by Crippen LogP contribution is 2.28. The molecule has 4 N–H and O–H groups in total. The predicted molar refractivity (Wildman–Crippen MR) is 80.5 cm³/mol. The molecule has 4 atom stereocenters. The number of hydrogen-bond donors (Lipinski definition) is 4. The molecular formula is C14H21FN3O8+. The van der Waals surface area contributed by atoms with Crippen LogP contribution in [0.4, 0.5) is 4.39 Å². The molecule has 0 amide bonds. The van der Waals surface area contributed by atoms with E-state index >= 15 is 0 Å². The Morgan fingerprint density at radius 3 is 2.46 bits per heavy atom. The summed E-state index contributed by atoms with van der Waals surface area (Å²) in [7, 11) is 0. The highest BCUT2D eigenvalue weighted by atomic mass is 19.1. The number of nitrogens with zero attached hydrogens (tertiary/aromatic N) is 3. The maximum atomic E-state index is 14.1. The van der Waals surface area contributed by atoms with Gasteiger partial charge < -0.3 is 24.8 Å². The Labute approximate surface area is 146 Å². The Bertz CT molecular complexity index is 774. The number of hydroxylamine groups is 3. The molecule has 1 aromatic rings. The lowest BCUT2D eigenvalue weighted by molar-refractivity contribution is -1.12. The van der Waals surface area contributed by atoms with Gasteiger partial charge in [0, 0.05) is 0 Å². The van der Waals surface area contributed by atoms with E-state index in [0.29, 0.717) is 15.3 Å². The van der Waals surface area contributed by atoms with Gasteiger partial charge in [-0.3, -0.25) is 9.36 Å². The van der Waals surface area contributed by atoms with Crippen LogP contribution in [0.3, 0.4) is 0 Å². The van der Waals surface area contributed by atoms with E-state index in [1.165, 1.54) is 0 Å². The lowest BCUT2D eigenvalue weighted by Crippen LogP contribution is -2.57. The smallest absolute Gasteiger partial charge is 0.337 e. The summed E-state index contributed by atoms with van der Waals surface area (Å²) in [5.41, 5.74) is -2.25. The Morgan fingerprint density at radius 1 is 1.23 bits per heavy atom. The molecule has 2 saturated heterocycles. The van der Waals surface area contributed by atoms with Crippen LogP contribution >= 0.6 is 0 Å². The van der Waals surface area contributed by atoms with E-state index < -0.39 is 59.5 Å². The predicted octanol–water partition coefficient (Wildman–Crippen LogP) is -3.05. The number of aliphatic hydroxyl groups is 3. The number of ether oxygens (including phenoxy) is 2. The second-order valence-electron chi connectivity index (χ2n) is 6.43. The first-order chi connectivity index (χ1) is 12.3. The van der Waals surface area contributed by atoms with Crippen LogP contribution in [0, 0.1) is 5.82 Å². The van der Waals surface area contributed by atoms with E-state index in [1.54, 1.807) is 0 Å². The minimum Gasteiger partial charge on any atom is -0.394 e. The molecule has 146 valence electrons. The molecule has 12 heteroatoms.